The van der Waals surface area contributed by atoms with Crippen molar-refractivity contribution in [1.82, 2.24) is 19.5 Å². The molecule has 104 valence electrons. The lowest BCUT2D eigenvalue weighted by Gasteiger charge is -2.22. The molecular weight excluding hydrogens is 306 g/mol. The Bertz CT molecular complexity index is 535. The second-order valence-corrected chi connectivity index (χ2v) is 5.45. The molecule has 6 heteroatoms. The summed E-state index contributed by atoms with van der Waals surface area (Å²) < 4.78 is 2.73. The number of halogens is 1. The third-order valence-electron chi connectivity index (χ3n) is 3.12. The number of aromatic nitrogens is 3. The zero-order valence-corrected chi connectivity index (χ0v) is 13.2. The van der Waals surface area contributed by atoms with E-state index in [0.29, 0.717) is 12.0 Å². The molecule has 0 radical (unpaired) electrons. The fourth-order valence-corrected chi connectivity index (χ4v) is 2.49. The summed E-state index contributed by atoms with van der Waals surface area (Å²) in [6.45, 7) is 9.62. The van der Waals surface area contributed by atoms with Gasteiger partial charge in [-0.2, -0.15) is 4.98 Å². The molecule has 5 nitrogen and oxygen atoms in total. The van der Waals surface area contributed by atoms with Crippen molar-refractivity contribution in [3.05, 3.63) is 22.8 Å². The van der Waals surface area contributed by atoms with Crippen LogP contribution in [-0.2, 0) is 0 Å². The number of anilines is 1. The third-order valence-corrected chi connectivity index (χ3v) is 3.74. The summed E-state index contributed by atoms with van der Waals surface area (Å²) in [5, 5.41) is 7.77. The van der Waals surface area contributed by atoms with E-state index >= 15 is 0 Å². The summed E-state index contributed by atoms with van der Waals surface area (Å²) in [6, 6.07) is 4.22. The molecule has 2 aromatic heterocycles. The van der Waals surface area contributed by atoms with Crippen molar-refractivity contribution in [2.75, 3.05) is 25.0 Å². The number of rotatable bonds is 6. The first-order chi connectivity index (χ1) is 9.13. The first-order valence-corrected chi connectivity index (χ1v) is 7.43. The van der Waals surface area contributed by atoms with Gasteiger partial charge in [0.25, 0.3) is 0 Å². The van der Waals surface area contributed by atoms with Crippen LogP contribution in [0.5, 0.6) is 0 Å². The molecule has 0 saturated heterocycles. The fourth-order valence-electron chi connectivity index (χ4n) is 2.07. The molecule has 1 unspecified atom stereocenters. The van der Waals surface area contributed by atoms with Crippen LogP contribution in [0.25, 0.3) is 5.65 Å². The SMILES string of the molecule is CCN(CC)CC(C)Nc1nc2c(Br)cccn2n1. The van der Waals surface area contributed by atoms with Gasteiger partial charge in [-0.15, -0.1) is 5.10 Å². The van der Waals surface area contributed by atoms with Gasteiger partial charge in [0.15, 0.2) is 5.65 Å². The van der Waals surface area contributed by atoms with Crippen molar-refractivity contribution >= 4 is 27.5 Å². The molecule has 0 aliphatic rings. The molecule has 0 saturated carbocycles. The summed E-state index contributed by atoms with van der Waals surface area (Å²) in [5.74, 6) is 0.673. The fraction of sp³-hybridized carbons (Fsp3) is 0.538. The van der Waals surface area contributed by atoms with Gasteiger partial charge >= 0.3 is 0 Å². The highest BCUT2D eigenvalue weighted by molar-refractivity contribution is 9.10. The van der Waals surface area contributed by atoms with Gasteiger partial charge in [-0.3, -0.25) is 0 Å². The predicted octanol–water partition coefficient (Wildman–Crippen LogP) is 2.63. The average molecular weight is 326 g/mol. The van der Waals surface area contributed by atoms with E-state index in [2.05, 4.69) is 57.0 Å². The maximum Gasteiger partial charge on any atom is 0.243 e. The van der Waals surface area contributed by atoms with E-state index < -0.39 is 0 Å². The zero-order valence-electron chi connectivity index (χ0n) is 11.6. The summed E-state index contributed by atoms with van der Waals surface area (Å²) in [6.07, 6.45) is 1.90. The summed E-state index contributed by atoms with van der Waals surface area (Å²) >= 11 is 3.48. The number of hydrogen-bond acceptors (Lipinski definition) is 4. The van der Waals surface area contributed by atoms with Crippen LogP contribution in [0, 0.1) is 0 Å². The van der Waals surface area contributed by atoms with Crippen LogP contribution in [0.15, 0.2) is 22.8 Å². The van der Waals surface area contributed by atoms with Crippen LogP contribution in [0.1, 0.15) is 20.8 Å². The van der Waals surface area contributed by atoms with Gasteiger partial charge in [-0.1, -0.05) is 13.8 Å². The standard InChI is InChI=1S/C13H20BrN5/c1-4-18(5-2)9-10(3)15-13-16-12-11(14)7-6-8-19(12)17-13/h6-8,10H,4-5,9H2,1-3H3,(H,15,17). The first-order valence-electron chi connectivity index (χ1n) is 6.63. The number of hydrogen-bond donors (Lipinski definition) is 1. The Morgan fingerprint density at radius 2 is 2.16 bits per heavy atom. The Labute approximate surface area is 122 Å². The normalized spacial score (nSPS) is 13.1. The maximum absolute atomic E-state index is 4.49. The molecule has 2 aromatic rings. The Hall–Kier alpha value is -1.14. The molecule has 2 rings (SSSR count). The smallest absolute Gasteiger partial charge is 0.243 e. The maximum atomic E-state index is 4.49. The second-order valence-electron chi connectivity index (χ2n) is 4.59. The molecule has 0 amide bonds. The minimum atomic E-state index is 0.316. The van der Waals surface area contributed by atoms with Crippen molar-refractivity contribution in [2.45, 2.75) is 26.8 Å². The topological polar surface area (TPSA) is 45.5 Å². The molecule has 19 heavy (non-hydrogen) atoms. The molecule has 0 spiro atoms. The summed E-state index contributed by atoms with van der Waals surface area (Å²) in [5.41, 5.74) is 0.833. The van der Waals surface area contributed by atoms with Gasteiger partial charge in [0.1, 0.15) is 0 Å². The summed E-state index contributed by atoms with van der Waals surface area (Å²) in [7, 11) is 0. The van der Waals surface area contributed by atoms with Gasteiger partial charge in [-0.05, 0) is 48.1 Å². The average Bonchev–Trinajstić information content (AvgIpc) is 2.79. The molecule has 0 aliphatic heterocycles. The van der Waals surface area contributed by atoms with Gasteiger partial charge in [0.05, 0.1) is 4.47 Å². The van der Waals surface area contributed by atoms with Crippen LogP contribution in [0.3, 0.4) is 0 Å². The van der Waals surface area contributed by atoms with Crippen molar-refractivity contribution in [3.8, 4) is 0 Å². The van der Waals surface area contributed by atoms with Gasteiger partial charge < -0.3 is 10.2 Å². The number of likely N-dealkylation sites (N-methyl/N-ethyl adjacent to an activating group) is 1. The van der Waals surface area contributed by atoms with E-state index in [0.717, 1.165) is 29.8 Å². The Morgan fingerprint density at radius 1 is 1.42 bits per heavy atom. The summed E-state index contributed by atoms with van der Waals surface area (Å²) in [4.78, 5) is 6.86. The van der Waals surface area contributed by atoms with E-state index in [1.54, 1.807) is 4.52 Å². The predicted molar refractivity (Wildman–Crippen MR) is 81.6 cm³/mol. The highest BCUT2D eigenvalue weighted by Gasteiger charge is 2.11. The zero-order chi connectivity index (χ0) is 13.8. The van der Waals surface area contributed by atoms with Gasteiger partial charge in [-0.25, -0.2) is 4.52 Å². The molecule has 2 heterocycles. The van der Waals surface area contributed by atoms with Crippen LogP contribution < -0.4 is 5.32 Å². The van der Waals surface area contributed by atoms with Crippen LogP contribution >= 0.6 is 15.9 Å². The van der Waals surface area contributed by atoms with Crippen LogP contribution in [0.4, 0.5) is 5.95 Å². The molecular formula is C13H20BrN5. The Balaban J connectivity index is 2.07. The monoisotopic (exact) mass is 325 g/mol. The van der Waals surface area contributed by atoms with E-state index in [-0.39, 0.29) is 0 Å². The second kappa shape index (κ2) is 6.34. The van der Waals surface area contributed by atoms with Crippen molar-refractivity contribution in [2.24, 2.45) is 0 Å². The van der Waals surface area contributed by atoms with E-state index in [9.17, 15) is 0 Å². The number of nitrogens with one attached hydrogen (secondary N) is 1. The number of fused-ring (bicyclic) bond motifs is 1. The number of nitrogens with zero attached hydrogens (tertiary/aromatic N) is 4. The lowest BCUT2D eigenvalue weighted by Crippen LogP contribution is -2.35. The first kappa shape index (κ1) is 14.3. The third kappa shape index (κ3) is 3.45. The lowest BCUT2D eigenvalue weighted by atomic mass is 10.3. The molecule has 0 fully saturated rings. The van der Waals surface area contributed by atoms with E-state index in [1.165, 1.54) is 0 Å². The molecule has 1 N–H and O–H groups in total. The Kier molecular flexibility index (Phi) is 4.76. The molecule has 1 atom stereocenters. The minimum absolute atomic E-state index is 0.316. The quantitative estimate of drug-likeness (QED) is 0.886. The highest BCUT2D eigenvalue weighted by atomic mass is 79.9. The molecule has 0 bridgehead atoms. The number of pyridine rings is 1. The highest BCUT2D eigenvalue weighted by Crippen LogP contribution is 2.17. The van der Waals surface area contributed by atoms with E-state index in [4.69, 9.17) is 0 Å². The van der Waals surface area contributed by atoms with Crippen molar-refractivity contribution in [3.63, 3.8) is 0 Å². The lowest BCUT2D eigenvalue weighted by molar-refractivity contribution is 0.294. The van der Waals surface area contributed by atoms with Crippen LogP contribution in [0.2, 0.25) is 0 Å². The van der Waals surface area contributed by atoms with Crippen LogP contribution in [-0.4, -0.2) is 45.2 Å². The minimum Gasteiger partial charge on any atom is -0.349 e. The van der Waals surface area contributed by atoms with E-state index in [1.807, 2.05) is 18.3 Å². The van der Waals surface area contributed by atoms with Crippen molar-refractivity contribution in [1.29, 1.82) is 0 Å². The van der Waals surface area contributed by atoms with Crippen molar-refractivity contribution < 1.29 is 0 Å². The molecule has 0 aliphatic carbocycles. The molecule has 0 aromatic carbocycles. The Morgan fingerprint density at radius 3 is 2.79 bits per heavy atom. The van der Waals surface area contributed by atoms with Gasteiger partial charge in [0.2, 0.25) is 5.95 Å². The largest absolute Gasteiger partial charge is 0.349 e. The van der Waals surface area contributed by atoms with Gasteiger partial charge in [0, 0.05) is 18.8 Å².